The van der Waals surface area contributed by atoms with Crippen LogP contribution in [0.3, 0.4) is 0 Å². The van der Waals surface area contributed by atoms with Crippen molar-refractivity contribution in [2.75, 3.05) is 26.2 Å². The van der Waals surface area contributed by atoms with Gasteiger partial charge in [0.2, 0.25) is 0 Å². The molecule has 1 aliphatic rings. The molecule has 20 heavy (non-hydrogen) atoms. The van der Waals surface area contributed by atoms with Crippen molar-refractivity contribution in [2.45, 2.75) is 19.6 Å². The molecule has 0 saturated carbocycles. The minimum Gasteiger partial charge on any atom is -0.332 e. The van der Waals surface area contributed by atoms with Crippen LogP contribution in [0.25, 0.3) is 0 Å². The molecule has 0 aliphatic carbocycles. The summed E-state index contributed by atoms with van der Waals surface area (Å²) in [6, 6.07) is 8.03. The zero-order valence-electron chi connectivity index (χ0n) is 11.3. The van der Waals surface area contributed by atoms with Gasteiger partial charge < -0.3 is 4.90 Å². The molecule has 0 aromatic heterocycles. The highest BCUT2D eigenvalue weighted by molar-refractivity contribution is 5.81. The summed E-state index contributed by atoms with van der Waals surface area (Å²) in [7, 11) is 0. The molecule has 1 aliphatic heterocycles. The van der Waals surface area contributed by atoms with E-state index in [9.17, 15) is 18.0 Å². The van der Waals surface area contributed by atoms with Gasteiger partial charge in [0, 0.05) is 32.7 Å². The van der Waals surface area contributed by atoms with Gasteiger partial charge in [0.1, 0.15) is 0 Å². The smallest absolute Gasteiger partial charge is 0.332 e. The number of alkyl halides is 3. The Morgan fingerprint density at radius 3 is 2.40 bits per heavy atom. The topological polar surface area (TPSA) is 23.6 Å². The maximum Gasteiger partial charge on any atom is 0.471 e. The molecular formula is C14H17F3N2O. The van der Waals surface area contributed by atoms with Gasteiger partial charge in [-0.1, -0.05) is 29.8 Å². The van der Waals surface area contributed by atoms with Crippen molar-refractivity contribution < 1.29 is 18.0 Å². The van der Waals surface area contributed by atoms with Crippen LogP contribution in [0.2, 0.25) is 0 Å². The summed E-state index contributed by atoms with van der Waals surface area (Å²) in [6.45, 7) is 3.90. The van der Waals surface area contributed by atoms with Crippen molar-refractivity contribution in [3.05, 3.63) is 35.4 Å². The normalized spacial score (nSPS) is 17.3. The first kappa shape index (κ1) is 14.8. The number of amides is 1. The molecule has 1 aromatic carbocycles. The minimum atomic E-state index is -4.77. The summed E-state index contributed by atoms with van der Waals surface area (Å²) in [6.07, 6.45) is -4.77. The van der Waals surface area contributed by atoms with Crippen molar-refractivity contribution in [3.63, 3.8) is 0 Å². The Labute approximate surface area is 116 Å². The minimum absolute atomic E-state index is 0.129. The van der Waals surface area contributed by atoms with Gasteiger partial charge in [-0.05, 0) is 12.5 Å². The fourth-order valence-corrected chi connectivity index (χ4v) is 2.36. The Balaban J connectivity index is 1.87. The summed E-state index contributed by atoms with van der Waals surface area (Å²) in [5.74, 6) is -1.73. The third-order valence-electron chi connectivity index (χ3n) is 3.39. The maximum atomic E-state index is 12.3. The molecule has 0 N–H and O–H groups in total. The Kier molecular flexibility index (Phi) is 4.32. The zero-order valence-corrected chi connectivity index (χ0v) is 11.3. The molecular weight excluding hydrogens is 269 g/mol. The van der Waals surface area contributed by atoms with Crippen LogP contribution in [0.1, 0.15) is 11.1 Å². The van der Waals surface area contributed by atoms with E-state index in [1.807, 2.05) is 25.1 Å². The van der Waals surface area contributed by atoms with Crippen LogP contribution in [0.15, 0.2) is 24.3 Å². The van der Waals surface area contributed by atoms with Crippen molar-refractivity contribution in [3.8, 4) is 0 Å². The third kappa shape index (κ3) is 3.72. The van der Waals surface area contributed by atoms with E-state index in [0.29, 0.717) is 19.6 Å². The lowest BCUT2D eigenvalue weighted by atomic mass is 10.1. The average Bonchev–Trinajstić information content (AvgIpc) is 2.38. The number of hydrogen-bond acceptors (Lipinski definition) is 2. The second kappa shape index (κ2) is 5.83. The molecule has 1 fully saturated rings. The second-order valence-corrected chi connectivity index (χ2v) is 5.06. The van der Waals surface area contributed by atoms with E-state index in [2.05, 4.69) is 11.0 Å². The Bertz CT molecular complexity index is 480. The van der Waals surface area contributed by atoms with Crippen LogP contribution < -0.4 is 0 Å². The van der Waals surface area contributed by atoms with Crippen LogP contribution in [0.5, 0.6) is 0 Å². The predicted molar refractivity (Wildman–Crippen MR) is 69.1 cm³/mol. The van der Waals surface area contributed by atoms with Crippen molar-refractivity contribution >= 4 is 5.91 Å². The van der Waals surface area contributed by atoms with Crippen molar-refractivity contribution in [1.29, 1.82) is 0 Å². The summed E-state index contributed by atoms with van der Waals surface area (Å²) < 4.78 is 37.0. The first-order chi connectivity index (χ1) is 9.36. The lowest BCUT2D eigenvalue weighted by Gasteiger charge is -2.35. The predicted octanol–water partition coefficient (Wildman–Crippen LogP) is 2.20. The molecule has 0 unspecified atom stereocenters. The van der Waals surface area contributed by atoms with E-state index in [1.54, 1.807) is 0 Å². The fraction of sp³-hybridized carbons (Fsp3) is 0.500. The van der Waals surface area contributed by atoms with E-state index in [0.717, 1.165) is 16.0 Å². The number of piperazine rings is 1. The Morgan fingerprint density at radius 2 is 1.85 bits per heavy atom. The third-order valence-corrected chi connectivity index (χ3v) is 3.39. The highest BCUT2D eigenvalue weighted by Gasteiger charge is 2.43. The van der Waals surface area contributed by atoms with Gasteiger partial charge in [0.05, 0.1) is 0 Å². The number of aryl methyl sites for hydroxylation is 1. The molecule has 1 amide bonds. The first-order valence-electron chi connectivity index (χ1n) is 6.50. The van der Waals surface area contributed by atoms with Gasteiger partial charge >= 0.3 is 12.1 Å². The van der Waals surface area contributed by atoms with Gasteiger partial charge in [-0.3, -0.25) is 9.69 Å². The SMILES string of the molecule is Cc1cccc(CN2CCN(C(=O)C(F)(F)F)CC2)c1. The number of nitrogens with zero attached hydrogens (tertiary/aromatic N) is 2. The van der Waals surface area contributed by atoms with Gasteiger partial charge in [0.15, 0.2) is 0 Å². The Morgan fingerprint density at radius 1 is 1.20 bits per heavy atom. The van der Waals surface area contributed by atoms with Crippen molar-refractivity contribution in [2.24, 2.45) is 0 Å². The van der Waals surface area contributed by atoms with E-state index in [1.165, 1.54) is 0 Å². The molecule has 0 atom stereocenters. The van der Waals surface area contributed by atoms with E-state index < -0.39 is 12.1 Å². The number of benzene rings is 1. The molecule has 6 heteroatoms. The van der Waals surface area contributed by atoms with E-state index in [4.69, 9.17) is 0 Å². The molecule has 1 aromatic rings. The van der Waals surface area contributed by atoms with Crippen molar-refractivity contribution in [1.82, 2.24) is 9.80 Å². The van der Waals surface area contributed by atoms with Gasteiger partial charge in [-0.15, -0.1) is 0 Å². The van der Waals surface area contributed by atoms with Gasteiger partial charge in [0.25, 0.3) is 0 Å². The second-order valence-electron chi connectivity index (χ2n) is 5.06. The molecule has 2 rings (SSSR count). The number of halogens is 3. The molecule has 0 bridgehead atoms. The quantitative estimate of drug-likeness (QED) is 0.832. The Hall–Kier alpha value is -1.56. The van der Waals surface area contributed by atoms with Crippen LogP contribution in [-0.2, 0) is 11.3 Å². The van der Waals surface area contributed by atoms with E-state index >= 15 is 0 Å². The standard InChI is InChI=1S/C14H17F3N2O/c1-11-3-2-4-12(9-11)10-18-5-7-19(8-6-18)13(20)14(15,16)17/h2-4,9H,5-8,10H2,1H3. The first-order valence-corrected chi connectivity index (χ1v) is 6.50. The highest BCUT2D eigenvalue weighted by Crippen LogP contribution is 2.20. The molecule has 3 nitrogen and oxygen atoms in total. The zero-order chi connectivity index (χ0) is 14.8. The average molecular weight is 286 g/mol. The fourth-order valence-electron chi connectivity index (χ4n) is 2.36. The summed E-state index contributed by atoms with van der Waals surface area (Å²) in [4.78, 5) is 14.1. The van der Waals surface area contributed by atoms with Crippen LogP contribution in [0.4, 0.5) is 13.2 Å². The molecule has 1 saturated heterocycles. The number of carbonyl (C=O) groups is 1. The van der Waals surface area contributed by atoms with Gasteiger partial charge in [-0.2, -0.15) is 13.2 Å². The number of carbonyl (C=O) groups excluding carboxylic acids is 1. The number of rotatable bonds is 2. The lowest BCUT2D eigenvalue weighted by Crippen LogP contribution is -2.52. The van der Waals surface area contributed by atoms with Crippen LogP contribution >= 0.6 is 0 Å². The monoisotopic (exact) mass is 286 g/mol. The maximum absolute atomic E-state index is 12.3. The summed E-state index contributed by atoms with van der Waals surface area (Å²) in [5, 5.41) is 0. The molecule has 110 valence electrons. The highest BCUT2D eigenvalue weighted by atomic mass is 19.4. The van der Waals surface area contributed by atoms with Crippen LogP contribution in [0, 0.1) is 6.92 Å². The van der Waals surface area contributed by atoms with E-state index in [-0.39, 0.29) is 13.1 Å². The largest absolute Gasteiger partial charge is 0.471 e. The van der Waals surface area contributed by atoms with Crippen LogP contribution in [-0.4, -0.2) is 48.1 Å². The lowest BCUT2D eigenvalue weighted by molar-refractivity contribution is -0.187. The van der Waals surface area contributed by atoms with Gasteiger partial charge in [-0.25, -0.2) is 0 Å². The molecule has 0 spiro atoms. The molecule has 1 heterocycles. The summed E-state index contributed by atoms with van der Waals surface area (Å²) >= 11 is 0. The number of hydrogen-bond donors (Lipinski definition) is 0. The summed E-state index contributed by atoms with van der Waals surface area (Å²) in [5.41, 5.74) is 2.30. The molecule has 0 radical (unpaired) electrons.